The number of phenols is 1. The summed E-state index contributed by atoms with van der Waals surface area (Å²) in [5, 5.41) is 26.6. The number of carbonyl (C=O) groups is 5. The third-order valence-corrected chi connectivity index (χ3v) is 6.50. The number of thioether (sulfide) groups is 1. The van der Waals surface area contributed by atoms with Gasteiger partial charge in [-0.15, -0.1) is 0 Å². The highest BCUT2D eigenvalue weighted by molar-refractivity contribution is 7.98. The van der Waals surface area contributed by atoms with Crippen molar-refractivity contribution in [3.63, 3.8) is 0 Å². The summed E-state index contributed by atoms with van der Waals surface area (Å²) in [5.74, 6) is -3.58. The summed E-state index contributed by atoms with van der Waals surface area (Å²) in [6.07, 6.45) is 3.18. The number of nitrogens with two attached hydrogens (primary N) is 3. The minimum atomic E-state index is -1.29. The SMILES string of the molecule is CSCCC(NC(=O)C(CCC(N)=O)NC(=O)C(Cc1ccc(O)cc1)NC(=O)C(N)CCCCN)C(=O)O. The standard InChI is InChI=1S/C25H40N6O7S/c1-39-13-11-19(25(37)38)30-23(35)18(9-10-21(28)33)29-24(36)20(14-15-5-7-16(32)8-6-15)31-22(34)17(27)4-2-3-12-26/h5-8,17-20,32H,2-4,9-14,26-27H2,1H3,(H2,28,33)(H,29,36)(H,30,35)(H,31,34)(H,37,38). The second-order valence-electron chi connectivity index (χ2n) is 9.07. The lowest BCUT2D eigenvalue weighted by atomic mass is 10.0. The Morgan fingerprint density at radius 3 is 2.03 bits per heavy atom. The van der Waals surface area contributed by atoms with Gasteiger partial charge in [0.15, 0.2) is 0 Å². The van der Waals surface area contributed by atoms with Crippen molar-refractivity contribution in [3.8, 4) is 5.75 Å². The van der Waals surface area contributed by atoms with Gasteiger partial charge in [0.2, 0.25) is 23.6 Å². The molecular formula is C25H40N6O7S. The van der Waals surface area contributed by atoms with Crippen molar-refractivity contribution < 1.29 is 34.2 Å². The molecule has 0 aliphatic heterocycles. The van der Waals surface area contributed by atoms with Crippen molar-refractivity contribution in [2.75, 3.05) is 18.6 Å². The molecule has 0 spiro atoms. The summed E-state index contributed by atoms with van der Waals surface area (Å²) in [7, 11) is 0. The smallest absolute Gasteiger partial charge is 0.326 e. The van der Waals surface area contributed by atoms with Crippen LogP contribution in [0.3, 0.4) is 0 Å². The first-order valence-corrected chi connectivity index (χ1v) is 14.0. The Balaban J connectivity index is 3.12. The number of amides is 4. The molecule has 4 atom stereocenters. The highest BCUT2D eigenvalue weighted by Gasteiger charge is 2.30. The minimum absolute atomic E-state index is 0.00298. The Morgan fingerprint density at radius 1 is 0.872 bits per heavy atom. The molecule has 11 N–H and O–H groups in total. The molecule has 0 fully saturated rings. The van der Waals surface area contributed by atoms with Crippen molar-refractivity contribution in [3.05, 3.63) is 29.8 Å². The number of unbranched alkanes of at least 4 members (excludes halogenated alkanes) is 1. The molecule has 4 unspecified atom stereocenters. The molecule has 1 rings (SSSR count). The highest BCUT2D eigenvalue weighted by Crippen LogP contribution is 2.12. The fourth-order valence-electron chi connectivity index (χ4n) is 3.59. The zero-order valence-corrected chi connectivity index (χ0v) is 22.9. The van der Waals surface area contributed by atoms with Crippen LogP contribution in [0.5, 0.6) is 5.75 Å². The number of phenolic OH excluding ortho intramolecular Hbond substituents is 1. The molecule has 1 aromatic carbocycles. The van der Waals surface area contributed by atoms with E-state index in [-0.39, 0.29) is 31.4 Å². The zero-order chi connectivity index (χ0) is 29.4. The van der Waals surface area contributed by atoms with Gasteiger partial charge in [0.25, 0.3) is 0 Å². The van der Waals surface area contributed by atoms with E-state index in [0.29, 0.717) is 37.1 Å². The van der Waals surface area contributed by atoms with E-state index >= 15 is 0 Å². The first-order chi connectivity index (χ1) is 18.5. The summed E-state index contributed by atoms with van der Waals surface area (Å²) in [6.45, 7) is 0.453. The van der Waals surface area contributed by atoms with Gasteiger partial charge in [0.1, 0.15) is 23.9 Å². The van der Waals surface area contributed by atoms with Crippen LogP contribution in [-0.2, 0) is 30.4 Å². The maximum Gasteiger partial charge on any atom is 0.326 e. The van der Waals surface area contributed by atoms with Crippen LogP contribution in [0.1, 0.15) is 44.1 Å². The largest absolute Gasteiger partial charge is 0.508 e. The Bertz CT molecular complexity index is 963. The van der Waals surface area contributed by atoms with E-state index in [1.165, 1.54) is 23.9 Å². The topological polar surface area (TPSA) is 240 Å². The maximum absolute atomic E-state index is 13.3. The predicted octanol–water partition coefficient (Wildman–Crippen LogP) is -1.05. The van der Waals surface area contributed by atoms with Gasteiger partial charge in [-0.05, 0) is 61.9 Å². The molecular weight excluding hydrogens is 528 g/mol. The number of primary amides is 1. The summed E-state index contributed by atoms with van der Waals surface area (Å²) >= 11 is 1.41. The van der Waals surface area contributed by atoms with E-state index in [9.17, 15) is 34.2 Å². The summed E-state index contributed by atoms with van der Waals surface area (Å²) in [5.41, 5.74) is 17.3. The van der Waals surface area contributed by atoms with Crippen LogP contribution in [0.4, 0.5) is 0 Å². The van der Waals surface area contributed by atoms with Gasteiger partial charge >= 0.3 is 5.97 Å². The van der Waals surface area contributed by atoms with Crippen molar-refractivity contribution in [2.24, 2.45) is 17.2 Å². The number of hydrogen-bond donors (Lipinski definition) is 8. The van der Waals surface area contributed by atoms with Crippen molar-refractivity contribution in [1.82, 2.24) is 16.0 Å². The van der Waals surface area contributed by atoms with Crippen LogP contribution < -0.4 is 33.2 Å². The lowest BCUT2D eigenvalue weighted by Gasteiger charge is -2.25. The minimum Gasteiger partial charge on any atom is -0.508 e. The third kappa shape index (κ3) is 13.3. The number of hydrogen-bond acceptors (Lipinski definition) is 9. The molecule has 0 heterocycles. The average Bonchev–Trinajstić information content (AvgIpc) is 2.89. The predicted molar refractivity (Wildman–Crippen MR) is 148 cm³/mol. The quantitative estimate of drug-likeness (QED) is 0.0941. The van der Waals surface area contributed by atoms with E-state index in [2.05, 4.69) is 16.0 Å². The molecule has 0 saturated carbocycles. The Hall–Kier alpha value is -3.36. The fraction of sp³-hybridized carbons (Fsp3) is 0.560. The highest BCUT2D eigenvalue weighted by atomic mass is 32.2. The number of carboxylic acid groups (broad SMARTS) is 1. The monoisotopic (exact) mass is 568 g/mol. The number of aliphatic carboxylic acids is 1. The molecule has 0 aromatic heterocycles. The summed E-state index contributed by atoms with van der Waals surface area (Å²) in [4.78, 5) is 62.1. The van der Waals surface area contributed by atoms with Crippen LogP contribution in [0, 0.1) is 0 Å². The van der Waals surface area contributed by atoms with Gasteiger partial charge in [0, 0.05) is 12.8 Å². The number of rotatable bonds is 19. The summed E-state index contributed by atoms with van der Waals surface area (Å²) < 4.78 is 0. The lowest BCUT2D eigenvalue weighted by Crippen LogP contribution is -2.57. The zero-order valence-electron chi connectivity index (χ0n) is 22.1. The molecule has 0 bridgehead atoms. The number of nitrogens with one attached hydrogen (secondary N) is 3. The van der Waals surface area contributed by atoms with Gasteiger partial charge in [-0.3, -0.25) is 19.2 Å². The van der Waals surface area contributed by atoms with E-state index in [1.54, 1.807) is 18.4 Å². The van der Waals surface area contributed by atoms with Crippen LogP contribution in [0.2, 0.25) is 0 Å². The number of benzene rings is 1. The molecule has 0 saturated heterocycles. The second-order valence-corrected chi connectivity index (χ2v) is 10.1. The molecule has 39 heavy (non-hydrogen) atoms. The lowest BCUT2D eigenvalue weighted by molar-refractivity contribution is -0.142. The summed E-state index contributed by atoms with van der Waals surface area (Å²) in [6, 6.07) is 1.44. The Kier molecular flexibility index (Phi) is 15.6. The number of aromatic hydroxyl groups is 1. The van der Waals surface area contributed by atoms with Crippen molar-refractivity contribution in [1.29, 1.82) is 0 Å². The van der Waals surface area contributed by atoms with Gasteiger partial charge < -0.3 is 43.4 Å². The van der Waals surface area contributed by atoms with Crippen LogP contribution in [0.15, 0.2) is 24.3 Å². The number of carbonyl (C=O) groups excluding carboxylic acids is 4. The average molecular weight is 569 g/mol. The fourth-order valence-corrected chi connectivity index (χ4v) is 4.06. The first-order valence-electron chi connectivity index (χ1n) is 12.6. The van der Waals surface area contributed by atoms with Crippen LogP contribution in [0.25, 0.3) is 0 Å². The maximum atomic E-state index is 13.3. The second kappa shape index (κ2) is 18.0. The van der Waals surface area contributed by atoms with Gasteiger partial charge in [-0.2, -0.15) is 11.8 Å². The van der Waals surface area contributed by atoms with E-state index < -0.39 is 53.8 Å². The molecule has 0 aliphatic rings. The molecule has 1 aromatic rings. The Morgan fingerprint density at radius 2 is 1.46 bits per heavy atom. The molecule has 14 heteroatoms. The van der Waals surface area contributed by atoms with Crippen LogP contribution >= 0.6 is 11.8 Å². The molecule has 4 amide bonds. The van der Waals surface area contributed by atoms with Crippen LogP contribution in [-0.4, -0.2) is 82.5 Å². The molecule has 218 valence electrons. The molecule has 0 aliphatic carbocycles. The van der Waals surface area contributed by atoms with Gasteiger partial charge in [-0.25, -0.2) is 4.79 Å². The van der Waals surface area contributed by atoms with E-state index in [4.69, 9.17) is 17.2 Å². The van der Waals surface area contributed by atoms with E-state index in [1.807, 2.05) is 0 Å². The molecule has 0 radical (unpaired) electrons. The van der Waals surface area contributed by atoms with Gasteiger partial charge in [0.05, 0.1) is 6.04 Å². The first kappa shape index (κ1) is 33.7. The molecule has 13 nitrogen and oxygen atoms in total. The van der Waals surface area contributed by atoms with Crippen molar-refractivity contribution in [2.45, 2.75) is 69.1 Å². The Labute approximate surface area is 232 Å². The van der Waals surface area contributed by atoms with Gasteiger partial charge in [-0.1, -0.05) is 18.6 Å². The third-order valence-electron chi connectivity index (χ3n) is 5.85. The van der Waals surface area contributed by atoms with Crippen molar-refractivity contribution >= 4 is 41.4 Å². The van der Waals surface area contributed by atoms with E-state index in [0.717, 1.165) is 0 Å². The normalized spacial score (nSPS) is 13.9. The number of carboxylic acids is 1.